The second-order valence-electron chi connectivity index (χ2n) is 9.55. The number of rotatable bonds is 5. The van der Waals surface area contributed by atoms with E-state index in [2.05, 4.69) is 59.2 Å². The number of hydrogen-bond donors (Lipinski definition) is 0. The molecule has 1 saturated heterocycles. The lowest BCUT2D eigenvalue weighted by Gasteiger charge is -2.38. The van der Waals surface area contributed by atoms with Gasteiger partial charge in [0.25, 0.3) is 0 Å². The van der Waals surface area contributed by atoms with Gasteiger partial charge in [-0.15, -0.1) is 0 Å². The van der Waals surface area contributed by atoms with Crippen molar-refractivity contribution in [3.8, 4) is 11.5 Å². The Balaban J connectivity index is 1.25. The van der Waals surface area contributed by atoms with Gasteiger partial charge >= 0.3 is 0 Å². The van der Waals surface area contributed by atoms with Crippen LogP contribution >= 0.6 is 0 Å². The van der Waals surface area contributed by atoms with E-state index in [1.807, 2.05) is 36.4 Å². The first-order valence-corrected chi connectivity index (χ1v) is 12.4. The first kappa shape index (κ1) is 21.2. The Morgan fingerprint density at radius 1 is 0.853 bits per heavy atom. The van der Waals surface area contributed by atoms with Crippen LogP contribution in [-0.4, -0.2) is 35.6 Å². The normalized spacial score (nSPS) is 16.7. The lowest BCUT2D eigenvalue weighted by atomic mass is 10.0. The van der Waals surface area contributed by atoms with Crippen molar-refractivity contribution in [3.63, 3.8) is 0 Å². The number of piperidine rings is 1. The van der Waals surface area contributed by atoms with Crippen LogP contribution in [0, 0.1) is 6.92 Å². The number of hydrogen-bond acceptors (Lipinski definition) is 4. The van der Waals surface area contributed by atoms with Crippen LogP contribution in [0.4, 0.5) is 5.69 Å². The molecule has 3 heterocycles. The van der Waals surface area contributed by atoms with Crippen LogP contribution in [0.5, 0.6) is 11.5 Å². The van der Waals surface area contributed by atoms with Gasteiger partial charge in [0, 0.05) is 43.3 Å². The number of benzene rings is 3. The SMILES string of the molecule is Cc1nc2ccc(Oc3ccccc3)cc2c2c1CCN2C1CCN(Cc2ccccc2)CC1. The van der Waals surface area contributed by atoms with E-state index in [1.165, 1.54) is 40.7 Å². The van der Waals surface area contributed by atoms with E-state index in [9.17, 15) is 0 Å². The summed E-state index contributed by atoms with van der Waals surface area (Å²) < 4.78 is 6.17. The zero-order valence-electron chi connectivity index (χ0n) is 19.8. The van der Waals surface area contributed by atoms with Gasteiger partial charge in [0.1, 0.15) is 11.5 Å². The lowest BCUT2D eigenvalue weighted by Crippen LogP contribution is -2.44. The minimum atomic E-state index is 0.581. The number of fused-ring (bicyclic) bond motifs is 3. The zero-order valence-corrected chi connectivity index (χ0v) is 19.8. The van der Waals surface area contributed by atoms with Crippen molar-refractivity contribution in [2.24, 2.45) is 0 Å². The summed E-state index contributed by atoms with van der Waals surface area (Å²) in [5, 5.41) is 1.22. The Hall–Kier alpha value is -3.37. The third kappa shape index (κ3) is 4.14. The summed E-state index contributed by atoms with van der Waals surface area (Å²) in [6.45, 7) is 6.60. The largest absolute Gasteiger partial charge is 0.457 e. The molecule has 0 saturated carbocycles. The van der Waals surface area contributed by atoms with Crippen LogP contribution in [0.1, 0.15) is 29.7 Å². The topological polar surface area (TPSA) is 28.6 Å². The van der Waals surface area contributed by atoms with Gasteiger partial charge in [-0.05, 0) is 67.6 Å². The number of likely N-dealkylation sites (tertiary alicyclic amines) is 1. The first-order chi connectivity index (χ1) is 16.7. The lowest BCUT2D eigenvalue weighted by molar-refractivity contribution is 0.202. The number of nitrogens with zero attached hydrogens (tertiary/aromatic N) is 3. The molecule has 2 aliphatic rings. The third-order valence-corrected chi connectivity index (χ3v) is 7.35. The molecule has 1 fully saturated rings. The van der Waals surface area contributed by atoms with E-state index in [1.54, 1.807) is 0 Å². The average molecular weight is 450 g/mol. The van der Waals surface area contributed by atoms with Gasteiger partial charge in [-0.1, -0.05) is 48.5 Å². The van der Waals surface area contributed by atoms with Crippen molar-refractivity contribution in [1.82, 2.24) is 9.88 Å². The van der Waals surface area contributed by atoms with Crippen molar-refractivity contribution in [3.05, 3.63) is 95.7 Å². The highest BCUT2D eigenvalue weighted by molar-refractivity contribution is 5.96. The summed E-state index contributed by atoms with van der Waals surface area (Å²) in [6.07, 6.45) is 3.49. The highest BCUT2D eigenvalue weighted by Crippen LogP contribution is 2.41. The van der Waals surface area contributed by atoms with E-state index in [-0.39, 0.29) is 0 Å². The van der Waals surface area contributed by atoms with Crippen molar-refractivity contribution >= 4 is 16.6 Å². The third-order valence-electron chi connectivity index (χ3n) is 7.35. The molecule has 0 radical (unpaired) electrons. The smallest absolute Gasteiger partial charge is 0.128 e. The zero-order chi connectivity index (χ0) is 22.9. The fraction of sp³-hybridized carbons (Fsp3) is 0.300. The minimum Gasteiger partial charge on any atom is -0.457 e. The number of aromatic nitrogens is 1. The molecular weight excluding hydrogens is 418 g/mol. The van der Waals surface area contributed by atoms with Gasteiger partial charge in [0.15, 0.2) is 0 Å². The van der Waals surface area contributed by atoms with Crippen molar-refractivity contribution < 1.29 is 4.74 Å². The Morgan fingerprint density at radius 3 is 2.35 bits per heavy atom. The quantitative estimate of drug-likeness (QED) is 0.354. The molecule has 34 heavy (non-hydrogen) atoms. The standard InChI is InChI=1S/C30H31N3O/c1-22-27-16-19-33(24-14-17-32(18-15-24)21-23-8-4-2-5-9-23)30(27)28-20-26(12-13-29(28)31-22)34-25-10-6-3-7-11-25/h2-13,20,24H,14-19,21H2,1H3. The Kier molecular flexibility index (Phi) is 5.68. The summed E-state index contributed by atoms with van der Waals surface area (Å²) in [5.74, 6) is 1.73. The molecule has 0 aliphatic carbocycles. The molecule has 172 valence electrons. The van der Waals surface area contributed by atoms with Gasteiger partial charge in [-0.2, -0.15) is 0 Å². The van der Waals surface area contributed by atoms with Gasteiger partial charge < -0.3 is 9.64 Å². The number of pyridine rings is 1. The molecule has 0 unspecified atom stereocenters. The number of aryl methyl sites for hydroxylation is 1. The van der Waals surface area contributed by atoms with E-state index >= 15 is 0 Å². The molecular formula is C30H31N3O. The van der Waals surface area contributed by atoms with E-state index < -0.39 is 0 Å². The highest BCUT2D eigenvalue weighted by atomic mass is 16.5. The minimum absolute atomic E-state index is 0.581. The van der Waals surface area contributed by atoms with Gasteiger partial charge in [0.05, 0.1) is 11.2 Å². The molecule has 0 spiro atoms. The molecule has 0 bridgehead atoms. The Bertz CT molecular complexity index is 1280. The summed E-state index contributed by atoms with van der Waals surface area (Å²) >= 11 is 0. The fourth-order valence-corrected chi connectivity index (χ4v) is 5.64. The molecule has 1 aromatic heterocycles. The molecule has 6 rings (SSSR count). The average Bonchev–Trinajstić information content (AvgIpc) is 3.33. The maximum absolute atomic E-state index is 6.17. The second kappa shape index (κ2) is 9.11. The Morgan fingerprint density at radius 2 is 1.59 bits per heavy atom. The van der Waals surface area contributed by atoms with Gasteiger partial charge in [-0.25, -0.2) is 0 Å². The molecule has 0 amide bonds. The van der Waals surface area contributed by atoms with Crippen LogP contribution in [-0.2, 0) is 13.0 Å². The molecule has 3 aromatic carbocycles. The van der Waals surface area contributed by atoms with Crippen molar-refractivity contribution in [1.29, 1.82) is 0 Å². The van der Waals surface area contributed by atoms with Crippen LogP contribution < -0.4 is 9.64 Å². The molecule has 4 nitrogen and oxygen atoms in total. The monoisotopic (exact) mass is 449 g/mol. The van der Waals surface area contributed by atoms with E-state index in [4.69, 9.17) is 9.72 Å². The summed E-state index contributed by atoms with van der Waals surface area (Å²) in [4.78, 5) is 10.2. The highest BCUT2D eigenvalue weighted by Gasteiger charge is 2.32. The van der Waals surface area contributed by atoms with Gasteiger partial charge in [-0.3, -0.25) is 9.88 Å². The van der Waals surface area contributed by atoms with Crippen LogP contribution in [0.3, 0.4) is 0 Å². The maximum Gasteiger partial charge on any atom is 0.128 e. The predicted molar refractivity (Wildman–Crippen MR) is 139 cm³/mol. The number of ether oxygens (including phenoxy) is 1. The van der Waals surface area contributed by atoms with Crippen LogP contribution in [0.15, 0.2) is 78.9 Å². The molecule has 0 N–H and O–H groups in total. The van der Waals surface area contributed by atoms with E-state index in [0.29, 0.717) is 6.04 Å². The first-order valence-electron chi connectivity index (χ1n) is 12.4. The van der Waals surface area contributed by atoms with Crippen LogP contribution in [0.2, 0.25) is 0 Å². The second-order valence-corrected chi connectivity index (χ2v) is 9.55. The van der Waals surface area contributed by atoms with Gasteiger partial charge in [0.2, 0.25) is 0 Å². The number of para-hydroxylation sites is 1. The van der Waals surface area contributed by atoms with Crippen LogP contribution in [0.25, 0.3) is 10.9 Å². The summed E-state index contributed by atoms with van der Waals surface area (Å²) in [6, 6.07) is 27.8. The van der Waals surface area contributed by atoms with Crippen molar-refractivity contribution in [2.45, 2.75) is 38.8 Å². The molecule has 2 aliphatic heterocycles. The fourth-order valence-electron chi connectivity index (χ4n) is 5.64. The summed E-state index contributed by atoms with van der Waals surface area (Å²) in [7, 11) is 0. The Labute approximate surface area is 201 Å². The predicted octanol–water partition coefficient (Wildman–Crippen LogP) is 6.36. The maximum atomic E-state index is 6.17. The molecule has 4 aromatic rings. The van der Waals surface area contributed by atoms with Crippen molar-refractivity contribution in [2.75, 3.05) is 24.5 Å². The number of anilines is 1. The van der Waals surface area contributed by atoms with E-state index in [0.717, 1.165) is 49.6 Å². The molecule has 4 heteroatoms. The summed E-state index contributed by atoms with van der Waals surface area (Å²) in [5.41, 5.74) is 6.44. The molecule has 0 atom stereocenters.